The van der Waals surface area contributed by atoms with Crippen molar-refractivity contribution in [3.05, 3.63) is 56.2 Å². The van der Waals surface area contributed by atoms with Gasteiger partial charge in [-0.15, -0.1) is 11.3 Å². The molecule has 3 N–H and O–H groups in total. The van der Waals surface area contributed by atoms with Crippen molar-refractivity contribution in [2.75, 3.05) is 0 Å². The quantitative estimate of drug-likeness (QED) is 0.877. The van der Waals surface area contributed by atoms with E-state index in [1.807, 2.05) is 18.2 Å². The highest BCUT2D eigenvalue weighted by molar-refractivity contribution is 9.10. The van der Waals surface area contributed by atoms with Gasteiger partial charge in [0.05, 0.1) is 0 Å². The minimum atomic E-state index is -0.392. The van der Waals surface area contributed by atoms with Gasteiger partial charge in [-0.1, -0.05) is 12.1 Å². The molecule has 1 aromatic carbocycles. The van der Waals surface area contributed by atoms with Gasteiger partial charge in [0, 0.05) is 32.9 Å². The second-order valence-corrected chi connectivity index (χ2v) is 6.19. The van der Waals surface area contributed by atoms with Crippen LogP contribution >= 0.6 is 27.3 Å². The van der Waals surface area contributed by atoms with E-state index in [0.29, 0.717) is 12.1 Å². The fourth-order valence-corrected chi connectivity index (χ4v) is 3.24. The van der Waals surface area contributed by atoms with Gasteiger partial charge in [-0.25, -0.2) is 0 Å². The van der Waals surface area contributed by atoms with Crippen molar-refractivity contribution in [2.45, 2.75) is 19.5 Å². The van der Waals surface area contributed by atoms with Gasteiger partial charge in [0.15, 0.2) is 0 Å². The van der Waals surface area contributed by atoms with Gasteiger partial charge in [-0.2, -0.15) is 0 Å². The number of hydrogen-bond donors (Lipinski definition) is 2. The number of rotatable bonds is 5. The molecule has 0 saturated heterocycles. The highest BCUT2D eigenvalue weighted by Crippen LogP contribution is 2.25. The lowest BCUT2D eigenvalue weighted by Crippen LogP contribution is -2.18. The van der Waals surface area contributed by atoms with Crippen molar-refractivity contribution in [3.63, 3.8) is 0 Å². The molecule has 0 radical (unpaired) electrons. The number of carbonyl (C=O) groups is 1. The molecule has 2 aromatic rings. The average Bonchev–Trinajstić information content (AvgIpc) is 2.83. The summed E-state index contributed by atoms with van der Waals surface area (Å²) in [5.41, 5.74) is 6.87. The molecule has 100 valence electrons. The Morgan fingerprint density at radius 2 is 2.26 bits per heavy atom. The zero-order valence-electron chi connectivity index (χ0n) is 10.5. The summed E-state index contributed by atoms with van der Waals surface area (Å²) in [5, 5.41) is 5.50. The number of hydrogen-bond acceptors (Lipinski definition) is 3. The van der Waals surface area contributed by atoms with Crippen LogP contribution in [0.25, 0.3) is 0 Å². The Labute approximate surface area is 125 Å². The summed E-state index contributed by atoms with van der Waals surface area (Å²) in [4.78, 5) is 12.4. The number of nitrogens with one attached hydrogen (secondary N) is 1. The fourth-order valence-electron chi connectivity index (χ4n) is 1.76. The summed E-state index contributed by atoms with van der Waals surface area (Å²) < 4.78 is 1.11. The van der Waals surface area contributed by atoms with E-state index in [1.165, 1.54) is 4.88 Å². The Balaban J connectivity index is 1.98. The molecule has 0 aliphatic rings. The number of benzene rings is 1. The Hall–Kier alpha value is -1.17. The second-order valence-electron chi connectivity index (χ2n) is 4.33. The summed E-state index contributed by atoms with van der Waals surface area (Å²) in [6.45, 7) is 2.83. The molecule has 1 aromatic heterocycles. The summed E-state index contributed by atoms with van der Waals surface area (Å²) in [6, 6.07) is 9.77. The SMILES string of the molecule is CC(NCc1cccc(C(N)=O)c1)c1cc(Br)cs1. The monoisotopic (exact) mass is 338 g/mol. The minimum absolute atomic E-state index is 0.272. The number of thiophene rings is 1. The minimum Gasteiger partial charge on any atom is -0.366 e. The smallest absolute Gasteiger partial charge is 0.248 e. The third-order valence-electron chi connectivity index (χ3n) is 2.84. The predicted octanol–water partition coefficient (Wildman–Crippen LogP) is 3.46. The molecule has 0 bridgehead atoms. The molecular weight excluding hydrogens is 324 g/mol. The maximum absolute atomic E-state index is 11.1. The summed E-state index contributed by atoms with van der Waals surface area (Å²) in [5.74, 6) is -0.392. The average molecular weight is 339 g/mol. The predicted molar refractivity (Wildman–Crippen MR) is 82.2 cm³/mol. The van der Waals surface area contributed by atoms with Crippen molar-refractivity contribution in [1.82, 2.24) is 5.32 Å². The number of carbonyl (C=O) groups excluding carboxylic acids is 1. The molecular formula is C14H15BrN2OS. The first-order valence-electron chi connectivity index (χ1n) is 5.92. The molecule has 0 saturated carbocycles. The van der Waals surface area contributed by atoms with Gasteiger partial charge in [0.1, 0.15) is 0 Å². The first-order valence-corrected chi connectivity index (χ1v) is 7.59. The largest absolute Gasteiger partial charge is 0.366 e. The normalized spacial score (nSPS) is 12.3. The van der Waals surface area contributed by atoms with Crippen LogP contribution in [0.15, 0.2) is 40.2 Å². The van der Waals surface area contributed by atoms with E-state index in [4.69, 9.17) is 5.73 Å². The van der Waals surface area contributed by atoms with E-state index < -0.39 is 5.91 Å². The molecule has 1 amide bonds. The summed E-state index contributed by atoms with van der Waals surface area (Å²) in [7, 11) is 0. The molecule has 5 heteroatoms. The zero-order chi connectivity index (χ0) is 13.8. The first kappa shape index (κ1) is 14.2. The van der Waals surface area contributed by atoms with Crippen molar-refractivity contribution in [1.29, 1.82) is 0 Å². The van der Waals surface area contributed by atoms with Crippen LogP contribution < -0.4 is 11.1 Å². The highest BCUT2D eigenvalue weighted by Gasteiger charge is 2.08. The lowest BCUT2D eigenvalue weighted by Gasteiger charge is -2.12. The molecule has 1 unspecified atom stereocenters. The van der Waals surface area contributed by atoms with E-state index in [-0.39, 0.29) is 6.04 Å². The van der Waals surface area contributed by atoms with Crippen LogP contribution in [-0.2, 0) is 6.54 Å². The van der Waals surface area contributed by atoms with E-state index >= 15 is 0 Å². The molecule has 0 fully saturated rings. The summed E-state index contributed by atoms with van der Waals surface area (Å²) >= 11 is 5.17. The van der Waals surface area contributed by atoms with Gasteiger partial charge >= 0.3 is 0 Å². The number of nitrogens with two attached hydrogens (primary N) is 1. The zero-order valence-corrected chi connectivity index (χ0v) is 12.9. The lowest BCUT2D eigenvalue weighted by molar-refractivity contribution is 0.1000. The topological polar surface area (TPSA) is 55.1 Å². The van der Waals surface area contributed by atoms with Crippen molar-refractivity contribution >= 4 is 33.2 Å². The molecule has 0 aliphatic heterocycles. The molecule has 1 atom stereocenters. The molecule has 19 heavy (non-hydrogen) atoms. The Morgan fingerprint density at radius 1 is 1.47 bits per heavy atom. The lowest BCUT2D eigenvalue weighted by atomic mass is 10.1. The van der Waals surface area contributed by atoms with Crippen LogP contribution in [-0.4, -0.2) is 5.91 Å². The molecule has 1 heterocycles. The van der Waals surface area contributed by atoms with E-state index in [2.05, 4.69) is 39.6 Å². The van der Waals surface area contributed by atoms with Gasteiger partial charge in [-0.3, -0.25) is 4.79 Å². The Bertz CT molecular complexity index is 582. The third-order valence-corrected chi connectivity index (χ3v) is 4.71. The molecule has 3 nitrogen and oxygen atoms in total. The Kier molecular flexibility index (Phi) is 4.74. The number of halogens is 1. The van der Waals surface area contributed by atoms with E-state index in [0.717, 1.165) is 10.0 Å². The van der Waals surface area contributed by atoms with Crippen molar-refractivity contribution < 1.29 is 4.79 Å². The van der Waals surface area contributed by atoms with Crippen LogP contribution in [0.4, 0.5) is 0 Å². The van der Waals surface area contributed by atoms with Crippen LogP contribution in [0.1, 0.15) is 33.8 Å². The van der Waals surface area contributed by atoms with Gasteiger partial charge in [0.2, 0.25) is 5.91 Å². The van der Waals surface area contributed by atoms with Crippen LogP contribution in [0.3, 0.4) is 0 Å². The van der Waals surface area contributed by atoms with Gasteiger partial charge in [-0.05, 0) is 46.6 Å². The highest BCUT2D eigenvalue weighted by atomic mass is 79.9. The standard InChI is InChI=1S/C14H15BrN2OS/c1-9(13-6-12(15)8-19-13)17-7-10-3-2-4-11(5-10)14(16)18/h2-6,8-9,17H,7H2,1H3,(H2,16,18). The van der Waals surface area contributed by atoms with Crippen LogP contribution in [0.2, 0.25) is 0 Å². The van der Waals surface area contributed by atoms with Gasteiger partial charge in [0.25, 0.3) is 0 Å². The second kappa shape index (κ2) is 6.32. The first-order chi connectivity index (χ1) is 9.06. The van der Waals surface area contributed by atoms with E-state index in [1.54, 1.807) is 17.4 Å². The summed E-state index contributed by atoms with van der Waals surface area (Å²) in [6.07, 6.45) is 0. The third kappa shape index (κ3) is 3.89. The maximum Gasteiger partial charge on any atom is 0.248 e. The van der Waals surface area contributed by atoms with Crippen LogP contribution in [0, 0.1) is 0 Å². The van der Waals surface area contributed by atoms with Crippen molar-refractivity contribution in [2.24, 2.45) is 5.73 Å². The molecule has 2 rings (SSSR count). The number of amides is 1. The van der Waals surface area contributed by atoms with Crippen molar-refractivity contribution in [3.8, 4) is 0 Å². The van der Waals surface area contributed by atoms with Gasteiger partial charge < -0.3 is 11.1 Å². The fraction of sp³-hybridized carbons (Fsp3) is 0.214. The number of primary amides is 1. The molecule has 0 spiro atoms. The van der Waals surface area contributed by atoms with Crippen LogP contribution in [0.5, 0.6) is 0 Å². The maximum atomic E-state index is 11.1. The molecule has 0 aliphatic carbocycles. The van der Waals surface area contributed by atoms with E-state index in [9.17, 15) is 4.79 Å². The Morgan fingerprint density at radius 3 is 2.89 bits per heavy atom.